The second kappa shape index (κ2) is 8.09. The highest BCUT2D eigenvalue weighted by atomic mass is 79.9. The van der Waals surface area contributed by atoms with Gasteiger partial charge in [0.25, 0.3) is 0 Å². The van der Waals surface area contributed by atoms with Gasteiger partial charge in [-0.1, -0.05) is 29.8 Å². The molecule has 17 heavy (non-hydrogen) atoms. The van der Waals surface area contributed by atoms with E-state index < -0.39 is 0 Å². The summed E-state index contributed by atoms with van der Waals surface area (Å²) in [5.74, 6) is 1.02. The number of amides is 1. The summed E-state index contributed by atoms with van der Waals surface area (Å²) in [6.07, 6.45) is 4.55. The van der Waals surface area contributed by atoms with Gasteiger partial charge in [-0.3, -0.25) is 4.79 Å². The monoisotopic (exact) mass is 304 g/mol. The van der Waals surface area contributed by atoms with E-state index in [0.717, 1.165) is 31.8 Å². The van der Waals surface area contributed by atoms with Crippen LogP contribution in [0.1, 0.15) is 39.5 Å². The number of hydrogen-bond acceptors (Lipinski definition) is 2. The van der Waals surface area contributed by atoms with Crippen LogP contribution in [-0.4, -0.2) is 41.8 Å². The first-order chi connectivity index (χ1) is 8.13. The fourth-order valence-electron chi connectivity index (χ4n) is 2.10. The van der Waals surface area contributed by atoms with E-state index in [9.17, 15) is 4.79 Å². The van der Waals surface area contributed by atoms with Crippen molar-refractivity contribution in [3.05, 3.63) is 0 Å². The van der Waals surface area contributed by atoms with E-state index in [1.807, 2.05) is 6.92 Å². The third-order valence-corrected chi connectivity index (χ3v) is 4.53. The molecule has 0 aromatic carbocycles. The Morgan fingerprint density at radius 1 is 1.47 bits per heavy atom. The van der Waals surface area contributed by atoms with Gasteiger partial charge in [0, 0.05) is 6.54 Å². The van der Waals surface area contributed by atoms with Crippen LogP contribution in [0.25, 0.3) is 0 Å². The Labute approximate surface area is 113 Å². The SMILES string of the molecule is CCC(Br)C(=O)NCCCN1CCC(C)CC1. The molecule has 0 aliphatic carbocycles. The summed E-state index contributed by atoms with van der Waals surface area (Å²) < 4.78 is 0. The summed E-state index contributed by atoms with van der Waals surface area (Å²) in [5.41, 5.74) is 0. The van der Waals surface area contributed by atoms with Gasteiger partial charge in [-0.25, -0.2) is 0 Å². The van der Waals surface area contributed by atoms with E-state index >= 15 is 0 Å². The number of halogens is 1. The van der Waals surface area contributed by atoms with E-state index in [2.05, 4.69) is 33.1 Å². The molecule has 1 heterocycles. The maximum absolute atomic E-state index is 11.5. The van der Waals surface area contributed by atoms with Gasteiger partial charge in [-0.2, -0.15) is 0 Å². The van der Waals surface area contributed by atoms with E-state index in [4.69, 9.17) is 0 Å². The first-order valence-corrected chi connectivity index (χ1v) is 7.69. The smallest absolute Gasteiger partial charge is 0.233 e. The summed E-state index contributed by atoms with van der Waals surface area (Å²) in [6.45, 7) is 8.71. The highest BCUT2D eigenvalue weighted by Crippen LogP contribution is 2.15. The molecule has 1 amide bonds. The van der Waals surface area contributed by atoms with Crippen LogP contribution in [0.2, 0.25) is 0 Å². The van der Waals surface area contributed by atoms with Gasteiger partial charge in [-0.15, -0.1) is 0 Å². The molecule has 0 spiro atoms. The van der Waals surface area contributed by atoms with Crippen molar-refractivity contribution >= 4 is 21.8 Å². The third-order valence-electron chi connectivity index (χ3n) is 3.47. The second-order valence-corrected chi connectivity index (χ2v) is 6.15. The lowest BCUT2D eigenvalue weighted by atomic mass is 9.99. The maximum Gasteiger partial charge on any atom is 0.233 e. The maximum atomic E-state index is 11.5. The molecule has 1 N–H and O–H groups in total. The summed E-state index contributed by atoms with van der Waals surface area (Å²) in [7, 11) is 0. The number of carbonyl (C=O) groups excluding carboxylic acids is 1. The van der Waals surface area contributed by atoms with Crippen LogP contribution in [0.5, 0.6) is 0 Å². The van der Waals surface area contributed by atoms with Crippen LogP contribution in [0.3, 0.4) is 0 Å². The minimum absolute atomic E-state index is 0.0293. The molecular formula is C13H25BrN2O. The molecule has 0 aromatic heterocycles. The van der Waals surface area contributed by atoms with Crippen molar-refractivity contribution in [1.29, 1.82) is 0 Å². The Morgan fingerprint density at radius 3 is 2.71 bits per heavy atom. The Hall–Kier alpha value is -0.0900. The van der Waals surface area contributed by atoms with Crippen molar-refractivity contribution in [1.82, 2.24) is 10.2 Å². The minimum Gasteiger partial charge on any atom is -0.355 e. The molecular weight excluding hydrogens is 280 g/mol. The number of alkyl halides is 1. The Morgan fingerprint density at radius 2 is 2.12 bits per heavy atom. The van der Waals surface area contributed by atoms with Crippen LogP contribution in [0.15, 0.2) is 0 Å². The number of carbonyl (C=O) groups is 1. The van der Waals surface area contributed by atoms with Crippen molar-refractivity contribution < 1.29 is 4.79 Å². The van der Waals surface area contributed by atoms with Crippen LogP contribution in [0.4, 0.5) is 0 Å². The molecule has 1 unspecified atom stereocenters. The Balaban J connectivity index is 2.02. The van der Waals surface area contributed by atoms with Gasteiger partial charge in [0.2, 0.25) is 5.91 Å². The lowest BCUT2D eigenvalue weighted by molar-refractivity contribution is -0.120. The molecule has 100 valence electrons. The van der Waals surface area contributed by atoms with Crippen molar-refractivity contribution in [2.24, 2.45) is 5.92 Å². The summed E-state index contributed by atoms with van der Waals surface area (Å²) in [5, 5.41) is 2.97. The van der Waals surface area contributed by atoms with E-state index in [1.54, 1.807) is 0 Å². The van der Waals surface area contributed by atoms with E-state index in [0.29, 0.717) is 0 Å². The van der Waals surface area contributed by atoms with Crippen molar-refractivity contribution in [2.45, 2.75) is 44.4 Å². The molecule has 3 nitrogen and oxygen atoms in total. The van der Waals surface area contributed by atoms with Gasteiger partial charge >= 0.3 is 0 Å². The molecule has 1 rings (SSSR count). The molecule has 1 atom stereocenters. The zero-order valence-electron chi connectivity index (χ0n) is 11.0. The number of likely N-dealkylation sites (tertiary alicyclic amines) is 1. The van der Waals surface area contributed by atoms with Crippen LogP contribution in [0, 0.1) is 5.92 Å². The Bertz CT molecular complexity index is 227. The van der Waals surface area contributed by atoms with Crippen molar-refractivity contribution in [3.8, 4) is 0 Å². The quantitative estimate of drug-likeness (QED) is 0.604. The minimum atomic E-state index is -0.0293. The second-order valence-electron chi connectivity index (χ2n) is 5.04. The van der Waals surface area contributed by atoms with Gasteiger partial charge < -0.3 is 10.2 Å². The summed E-state index contributed by atoms with van der Waals surface area (Å²) in [6, 6.07) is 0. The number of hydrogen-bond donors (Lipinski definition) is 1. The van der Waals surface area contributed by atoms with E-state index in [-0.39, 0.29) is 10.7 Å². The van der Waals surface area contributed by atoms with Gasteiger partial charge in [0.1, 0.15) is 0 Å². The average molecular weight is 305 g/mol. The molecule has 0 radical (unpaired) electrons. The van der Waals surface area contributed by atoms with Crippen LogP contribution in [-0.2, 0) is 4.79 Å². The van der Waals surface area contributed by atoms with Gasteiger partial charge in [0.15, 0.2) is 0 Å². The number of nitrogens with zero attached hydrogens (tertiary/aromatic N) is 1. The van der Waals surface area contributed by atoms with Crippen LogP contribution >= 0.6 is 15.9 Å². The molecule has 1 fully saturated rings. The van der Waals surface area contributed by atoms with Gasteiger partial charge in [-0.05, 0) is 51.2 Å². The highest BCUT2D eigenvalue weighted by Gasteiger charge is 2.15. The largest absolute Gasteiger partial charge is 0.355 e. The van der Waals surface area contributed by atoms with Gasteiger partial charge in [0.05, 0.1) is 4.83 Å². The molecule has 0 aromatic rings. The summed E-state index contributed by atoms with van der Waals surface area (Å²) in [4.78, 5) is 14.0. The topological polar surface area (TPSA) is 32.3 Å². The molecule has 0 bridgehead atoms. The fourth-order valence-corrected chi connectivity index (χ4v) is 2.26. The normalized spacial score (nSPS) is 20.2. The lowest BCUT2D eigenvalue weighted by Gasteiger charge is -2.30. The molecule has 1 aliphatic rings. The predicted octanol–water partition coefficient (Wildman–Crippen LogP) is 2.40. The molecule has 0 saturated carbocycles. The molecule has 1 saturated heterocycles. The van der Waals surface area contributed by atoms with Crippen LogP contribution < -0.4 is 5.32 Å². The summed E-state index contributed by atoms with van der Waals surface area (Å²) >= 11 is 3.36. The first kappa shape index (κ1) is 15.0. The number of rotatable bonds is 6. The Kier molecular flexibility index (Phi) is 7.12. The van der Waals surface area contributed by atoms with Crippen molar-refractivity contribution in [2.75, 3.05) is 26.2 Å². The number of piperidine rings is 1. The average Bonchev–Trinajstić information content (AvgIpc) is 2.35. The lowest BCUT2D eigenvalue weighted by Crippen LogP contribution is -2.36. The fraction of sp³-hybridized carbons (Fsp3) is 0.923. The number of nitrogens with one attached hydrogen (secondary N) is 1. The zero-order chi connectivity index (χ0) is 12.7. The standard InChI is InChI=1S/C13H25BrN2O/c1-3-12(14)13(17)15-7-4-8-16-9-5-11(2)6-10-16/h11-12H,3-10H2,1-2H3,(H,15,17). The molecule has 4 heteroatoms. The highest BCUT2D eigenvalue weighted by molar-refractivity contribution is 9.10. The third kappa shape index (κ3) is 5.87. The zero-order valence-corrected chi connectivity index (χ0v) is 12.6. The molecule has 1 aliphatic heterocycles. The van der Waals surface area contributed by atoms with Crippen molar-refractivity contribution in [3.63, 3.8) is 0 Å². The first-order valence-electron chi connectivity index (χ1n) is 6.77. The predicted molar refractivity (Wildman–Crippen MR) is 75.5 cm³/mol. The van der Waals surface area contributed by atoms with E-state index in [1.165, 1.54) is 25.9 Å².